The average molecular weight is 1150 g/mol. The molecule has 0 heterocycles. The Morgan fingerprint density at radius 1 is 0.415 bits per heavy atom. The van der Waals surface area contributed by atoms with Gasteiger partial charge in [-0.05, 0) is 118 Å². The van der Waals surface area contributed by atoms with E-state index >= 15 is 0 Å². The fourth-order valence-corrected chi connectivity index (χ4v) is 8.49. The van der Waals surface area contributed by atoms with E-state index in [9.17, 15) is 58.2 Å². The number of rotatable bonds is 33. The Morgan fingerprint density at radius 3 is 1.10 bits per heavy atom. The first-order valence-corrected chi connectivity index (χ1v) is 28.3. The summed E-state index contributed by atoms with van der Waals surface area (Å²) in [6.45, 7) is 5.23. The standard InChI is InChI=1S/C30H41N5O6.C29H39N5O6S/c1-19(2)14-24(20(3)36)35-30(41)26(16-21-8-6-5-7-9-21)34-28(39)18-32-27(38)17-33-29(40)25(31-4)15-22-10-12-23(37)13-11-22;1-19(35)23(13-14-41-3)34-29(40)25(16-20-7-5-4-6-8-20)33-27(38)18-31-26(37)17-32-28(39)24(30-2)15-21-9-11-22(36)12-10-21/h5-13,19,24-26,31,37H,14-18H2,1-4H3,(H,32,38)(H,33,40)(H,34,39)(H,35,41);4-12,23-25,30,36H,13-18H2,1-3H3,(H,31,37)(H,32,39)(H,33,38)(H,34,40). The van der Waals surface area contributed by atoms with Crippen molar-refractivity contribution in [1.29, 1.82) is 0 Å². The van der Waals surface area contributed by atoms with E-state index < -0.39 is 96.6 Å². The van der Waals surface area contributed by atoms with E-state index in [1.54, 1.807) is 50.1 Å². The third-order valence-electron chi connectivity index (χ3n) is 12.6. The van der Waals surface area contributed by atoms with E-state index in [1.165, 1.54) is 38.1 Å². The number of likely N-dealkylation sites (N-methyl/N-ethyl adjacent to an activating group) is 2. The molecule has 0 aliphatic heterocycles. The summed E-state index contributed by atoms with van der Waals surface area (Å²) < 4.78 is 0. The van der Waals surface area contributed by atoms with Gasteiger partial charge in [0.05, 0.1) is 50.3 Å². The Morgan fingerprint density at radius 2 is 0.756 bits per heavy atom. The molecule has 12 N–H and O–H groups in total. The van der Waals surface area contributed by atoms with Crippen molar-refractivity contribution in [1.82, 2.24) is 53.2 Å². The maximum absolute atomic E-state index is 13.1. The Kier molecular flexibility index (Phi) is 30.7. The van der Waals surface area contributed by atoms with Crippen molar-refractivity contribution in [3.05, 3.63) is 131 Å². The molecule has 0 radical (unpaired) electrons. The minimum Gasteiger partial charge on any atom is -0.508 e. The highest BCUT2D eigenvalue weighted by molar-refractivity contribution is 7.98. The highest BCUT2D eigenvalue weighted by Gasteiger charge is 2.28. The number of Topliss-reactive ketones (excluding diaryl/α,β-unsaturated/α-hetero) is 2. The van der Waals surface area contributed by atoms with Gasteiger partial charge in [0.2, 0.25) is 47.3 Å². The molecule has 4 aromatic rings. The Labute approximate surface area is 483 Å². The second-order valence-electron chi connectivity index (χ2n) is 19.8. The van der Waals surface area contributed by atoms with Crippen LogP contribution in [-0.2, 0) is 73.6 Å². The molecule has 22 nitrogen and oxygen atoms in total. The zero-order valence-corrected chi connectivity index (χ0v) is 48.4. The van der Waals surface area contributed by atoms with Crippen LogP contribution in [0.25, 0.3) is 0 Å². The molecule has 4 aromatic carbocycles. The third kappa shape index (κ3) is 26.9. The molecule has 0 spiro atoms. The summed E-state index contributed by atoms with van der Waals surface area (Å²) in [6.07, 6.45) is 3.94. The number of benzene rings is 4. The number of amides is 8. The normalized spacial score (nSPS) is 12.9. The predicted octanol–water partition coefficient (Wildman–Crippen LogP) is 0.912. The number of carbonyl (C=O) groups excluding carboxylic acids is 10. The van der Waals surface area contributed by atoms with Crippen molar-refractivity contribution in [3.8, 4) is 11.5 Å². The summed E-state index contributed by atoms with van der Waals surface area (Å²) in [5, 5.41) is 45.4. The van der Waals surface area contributed by atoms with E-state index in [1.807, 2.05) is 80.8 Å². The van der Waals surface area contributed by atoms with E-state index in [4.69, 9.17) is 0 Å². The van der Waals surface area contributed by atoms with Gasteiger partial charge in [-0.3, -0.25) is 47.9 Å². The van der Waals surface area contributed by atoms with E-state index in [0.29, 0.717) is 31.4 Å². The van der Waals surface area contributed by atoms with Crippen LogP contribution in [0.3, 0.4) is 0 Å². The van der Waals surface area contributed by atoms with E-state index in [0.717, 1.165) is 22.3 Å². The zero-order chi connectivity index (χ0) is 60.6. The first-order valence-electron chi connectivity index (χ1n) is 26.9. The lowest BCUT2D eigenvalue weighted by Crippen LogP contribution is -2.54. The summed E-state index contributed by atoms with van der Waals surface area (Å²) in [6, 6.07) is 26.7. The molecule has 6 unspecified atom stereocenters. The van der Waals surface area contributed by atoms with Gasteiger partial charge in [-0.1, -0.05) is 98.8 Å². The van der Waals surface area contributed by atoms with Gasteiger partial charge < -0.3 is 63.4 Å². The summed E-state index contributed by atoms with van der Waals surface area (Å²) >= 11 is 1.56. The van der Waals surface area contributed by atoms with Crippen LogP contribution in [0.2, 0.25) is 0 Å². The molecule has 4 rings (SSSR count). The van der Waals surface area contributed by atoms with Crippen LogP contribution in [0.15, 0.2) is 109 Å². The van der Waals surface area contributed by atoms with Crippen LogP contribution in [0.5, 0.6) is 11.5 Å². The van der Waals surface area contributed by atoms with Crippen molar-refractivity contribution >= 4 is 70.6 Å². The highest BCUT2D eigenvalue weighted by Crippen LogP contribution is 2.14. The minimum atomic E-state index is -0.966. The van der Waals surface area contributed by atoms with Crippen molar-refractivity contribution in [2.24, 2.45) is 5.92 Å². The molecule has 23 heteroatoms. The van der Waals surface area contributed by atoms with Gasteiger partial charge in [0.1, 0.15) is 23.6 Å². The molecule has 0 saturated carbocycles. The average Bonchev–Trinajstić information content (AvgIpc) is 3.48. The fraction of sp³-hybridized carbons (Fsp3) is 0.424. The van der Waals surface area contributed by atoms with Crippen LogP contribution in [0, 0.1) is 5.92 Å². The second-order valence-corrected chi connectivity index (χ2v) is 20.8. The fourth-order valence-electron chi connectivity index (χ4n) is 8.02. The second kappa shape index (κ2) is 37.0. The number of nitrogens with one attached hydrogen (secondary N) is 10. The van der Waals surface area contributed by atoms with Gasteiger partial charge in [0, 0.05) is 12.8 Å². The van der Waals surface area contributed by atoms with Crippen LogP contribution >= 0.6 is 11.8 Å². The maximum atomic E-state index is 13.1. The first kappa shape index (κ1) is 68.1. The molecule has 0 aliphatic rings. The molecule has 444 valence electrons. The summed E-state index contributed by atoms with van der Waals surface area (Å²) in [5.41, 5.74) is 3.28. The van der Waals surface area contributed by atoms with Crippen molar-refractivity contribution in [3.63, 3.8) is 0 Å². The van der Waals surface area contributed by atoms with Crippen LogP contribution in [0.1, 0.15) is 62.8 Å². The number of ketones is 2. The third-order valence-corrected chi connectivity index (χ3v) is 13.3. The van der Waals surface area contributed by atoms with Gasteiger partial charge in [-0.25, -0.2) is 0 Å². The van der Waals surface area contributed by atoms with E-state index in [2.05, 4.69) is 53.2 Å². The lowest BCUT2D eigenvalue weighted by atomic mass is 9.99. The number of phenolic OH excluding ortho intramolecular Hbond substituents is 2. The Balaban J connectivity index is 0.000000430. The first-order chi connectivity index (χ1) is 39.1. The smallest absolute Gasteiger partial charge is 0.243 e. The highest BCUT2D eigenvalue weighted by atomic mass is 32.2. The molecule has 0 aliphatic carbocycles. The number of aromatic hydroxyl groups is 2. The van der Waals surface area contributed by atoms with E-state index in [-0.39, 0.29) is 54.9 Å². The van der Waals surface area contributed by atoms with Crippen molar-refractivity contribution in [2.75, 3.05) is 52.3 Å². The van der Waals surface area contributed by atoms with Gasteiger partial charge in [0.25, 0.3) is 0 Å². The molecular weight excluding hydrogens is 1070 g/mol. The molecule has 0 aromatic heterocycles. The topological polar surface area (TPSA) is 331 Å². The summed E-state index contributed by atoms with van der Waals surface area (Å²) in [4.78, 5) is 125. The van der Waals surface area contributed by atoms with Crippen LogP contribution < -0.4 is 53.2 Å². The van der Waals surface area contributed by atoms with Gasteiger partial charge >= 0.3 is 0 Å². The minimum absolute atomic E-state index is 0.123. The maximum Gasteiger partial charge on any atom is 0.243 e. The molecule has 82 heavy (non-hydrogen) atoms. The molecule has 0 bridgehead atoms. The number of hydrogen-bond acceptors (Lipinski definition) is 15. The Bertz CT molecular complexity index is 2700. The molecule has 0 fully saturated rings. The van der Waals surface area contributed by atoms with Crippen molar-refractivity contribution < 1.29 is 58.2 Å². The molecule has 0 saturated heterocycles. The number of hydrogen-bond donors (Lipinski definition) is 12. The van der Waals surface area contributed by atoms with Gasteiger partial charge in [-0.15, -0.1) is 0 Å². The number of thioether (sulfide) groups is 1. The summed E-state index contributed by atoms with van der Waals surface area (Å²) in [5.74, 6) is -3.36. The zero-order valence-electron chi connectivity index (χ0n) is 47.6. The predicted molar refractivity (Wildman–Crippen MR) is 313 cm³/mol. The van der Waals surface area contributed by atoms with Crippen LogP contribution in [0.4, 0.5) is 0 Å². The van der Waals surface area contributed by atoms with Gasteiger partial charge in [-0.2, -0.15) is 11.8 Å². The SMILES string of the molecule is CNC(Cc1ccc(O)cc1)C(=O)NCC(=O)NCC(=O)NC(Cc1ccccc1)C(=O)NC(CC(C)C)C(C)=O.CNC(Cc1ccc(O)cc1)C(=O)NCC(=O)NCC(=O)NC(Cc1ccccc1)C(=O)NC(CCSC)C(C)=O. The number of carbonyl (C=O) groups is 10. The largest absolute Gasteiger partial charge is 0.508 e. The van der Waals surface area contributed by atoms with Crippen molar-refractivity contribution in [2.45, 2.75) is 102 Å². The van der Waals surface area contributed by atoms with Crippen LogP contribution in [-0.4, -0.2) is 158 Å². The monoisotopic (exact) mass is 1150 g/mol. The molecule has 6 atom stereocenters. The lowest BCUT2D eigenvalue weighted by molar-refractivity contribution is -0.131. The lowest BCUT2D eigenvalue weighted by Gasteiger charge is -2.23. The van der Waals surface area contributed by atoms with Gasteiger partial charge in [0.15, 0.2) is 11.6 Å². The molecular formula is C59H80N10O12S. The quantitative estimate of drug-likeness (QED) is 0.0316. The Hall–Kier alpha value is -8.15. The summed E-state index contributed by atoms with van der Waals surface area (Å²) in [7, 11) is 3.25. The number of phenols is 2. The molecule has 8 amide bonds.